The third-order valence-electron chi connectivity index (χ3n) is 4.87. The molecule has 0 amide bonds. The lowest BCUT2D eigenvalue weighted by Crippen LogP contribution is -2.41. The minimum absolute atomic E-state index is 0.506. The molecule has 0 spiro atoms. The van der Waals surface area contributed by atoms with Crippen LogP contribution < -0.4 is 0 Å². The summed E-state index contributed by atoms with van der Waals surface area (Å²) in [5.41, 5.74) is 0.120. The molecule has 4 nitrogen and oxygen atoms in total. The second-order valence-electron chi connectivity index (χ2n) is 7.05. The maximum Gasteiger partial charge on any atom is 0.224 e. The van der Waals surface area contributed by atoms with Crippen LogP contribution in [0.5, 0.6) is 0 Å². The lowest BCUT2D eigenvalue weighted by molar-refractivity contribution is 0.0826. The number of aliphatic hydroxyl groups is 1. The van der Waals surface area contributed by atoms with Gasteiger partial charge in [-0.3, -0.25) is 0 Å². The first-order chi connectivity index (χ1) is 13.9. The van der Waals surface area contributed by atoms with E-state index in [0.29, 0.717) is 11.1 Å². The molecule has 2 unspecified atom stereocenters. The fraction of sp³-hybridized carbons (Fsp3) is 0.167. The van der Waals surface area contributed by atoms with Gasteiger partial charge in [-0.15, -0.1) is 0 Å². The zero-order chi connectivity index (χ0) is 20.9. The molecule has 0 radical (unpaired) electrons. The Morgan fingerprint density at radius 2 is 1.31 bits per heavy atom. The Balaban J connectivity index is 2.25. The van der Waals surface area contributed by atoms with E-state index in [4.69, 9.17) is 0 Å². The Hall–Kier alpha value is -2.73. The van der Waals surface area contributed by atoms with Crippen LogP contribution in [0.4, 0.5) is 0 Å². The normalized spacial score (nSPS) is 15.3. The average Bonchev–Trinajstić information content (AvgIpc) is 2.74. The molecule has 0 saturated heterocycles. The van der Waals surface area contributed by atoms with Crippen LogP contribution >= 0.6 is 0 Å². The van der Waals surface area contributed by atoms with Gasteiger partial charge in [0.15, 0.2) is 0 Å². The van der Waals surface area contributed by atoms with Gasteiger partial charge in [0.05, 0.1) is 0 Å². The van der Waals surface area contributed by atoms with E-state index in [2.05, 4.69) is 0 Å². The Labute approximate surface area is 172 Å². The summed E-state index contributed by atoms with van der Waals surface area (Å²) < 4.78 is 28.0. The van der Waals surface area contributed by atoms with Crippen LogP contribution in [0, 0.1) is 0 Å². The first kappa shape index (κ1) is 21.0. The van der Waals surface area contributed by atoms with Crippen LogP contribution in [0.25, 0.3) is 6.08 Å². The molecule has 0 aliphatic heterocycles. The summed E-state index contributed by atoms with van der Waals surface area (Å²) in [6.45, 7) is 0. The van der Waals surface area contributed by atoms with E-state index in [1.165, 1.54) is 14.1 Å². The highest BCUT2D eigenvalue weighted by atomic mass is 32.2. The topological polar surface area (TPSA) is 57.6 Å². The van der Waals surface area contributed by atoms with Crippen LogP contribution in [-0.2, 0) is 15.6 Å². The lowest BCUT2D eigenvalue weighted by Gasteiger charge is -2.36. The van der Waals surface area contributed by atoms with E-state index in [9.17, 15) is 13.5 Å². The van der Waals surface area contributed by atoms with E-state index in [-0.39, 0.29) is 0 Å². The van der Waals surface area contributed by atoms with Crippen molar-refractivity contribution in [3.63, 3.8) is 0 Å². The average molecular weight is 408 g/mol. The van der Waals surface area contributed by atoms with E-state index in [1.807, 2.05) is 42.5 Å². The van der Waals surface area contributed by atoms with Gasteiger partial charge in [0, 0.05) is 14.1 Å². The van der Waals surface area contributed by atoms with Crippen molar-refractivity contribution in [2.75, 3.05) is 14.1 Å². The van der Waals surface area contributed by atoms with Crippen molar-refractivity contribution in [3.05, 3.63) is 114 Å². The van der Waals surface area contributed by atoms with Gasteiger partial charge in [0.25, 0.3) is 0 Å². The summed E-state index contributed by atoms with van der Waals surface area (Å²) in [7, 11) is -0.903. The highest BCUT2D eigenvalue weighted by Gasteiger charge is 2.46. The molecule has 0 aliphatic rings. The molecule has 0 bridgehead atoms. The second kappa shape index (κ2) is 8.74. The van der Waals surface area contributed by atoms with Crippen molar-refractivity contribution < 1.29 is 13.5 Å². The van der Waals surface area contributed by atoms with Gasteiger partial charge in [-0.05, 0) is 22.8 Å². The number of rotatable bonds is 7. The largest absolute Gasteiger partial charge is 0.379 e. The van der Waals surface area contributed by atoms with Crippen molar-refractivity contribution in [3.8, 4) is 0 Å². The monoisotopic (exact) mass is 407 g/mol. The molecule has 3 aromatic carbocycles. The predicted molar refractivity (Wildman–Crippen MR) is 118 cm³/mol. The maximum absolute atomic E-state index is 13.4. The molecular weight excluding hydrogens is 382 g/mol. The van der Waals surface area contributed by atoms with Gasteiger partial charge in [0.1, 0.15) is 10.9 Å². The fourth-order valence-electron chi connectivity index (χ4n) is 3.32. The quantitative estimate of drug-likeness (QED) is 0.638. The van der Waals surface area contributed by atoms with Crippen LogP contribution in [0.2, 0.25) is 0 Å². The van der Waals surface area contributed by atoms with Crippen LogP contribution in [-0.4, -0.2) is 31.9 Å². The third kappa shape index (κ3) is 4.48. The van der Waals surface area contributed by atoms with Crippen molar-refractivity contribution in [1.29, 1.82) is 0 Å². The summed E-state index contributed by atoms with van der Waals surface area (Å²) >= 11 is 0. The van der Waals surface area contributed by atoms with E-state index >= 15 is 0 Å². The molecule has 0 aromatic heterocycles. The van der Waals surface area contributed by atoms with Crippen molar-refractivity contribution in [1.82, 2.24) is 4.31 Å². The standard InChI is InChI=1S/C24H25NO3S/c1-25(2)29(27,28)23(21-14-8-4-9-15-21)24(26,22-16-10-5-11-17-22)19-18-20-12-6-3-7-13-20/h3-19,23,26H,1-2H3/b19-18+. The minimum atomic E-state index is -3.87. The van der Waals surface area contributed by atoms with Gasteiger partial charge in [0.2, 0.25) is 10.0 Å². The van der Waals surface area contributed by atoms with Gasteiger partial charge >= 0.3 is 0 Å². The Morgan fingerprint density at radius 1 is 0.828 bits per heavy atom. The molecule has 0 aliphatic carbocycles. The molecule has 150 valence electrons. The first-order valence-corrected chi connectivity index (χ1v) is 10.8. The lowest BCUT2D eigenvalue weighted by atomic mass is 9.85. The molecule has 1 N–H and O–H groups in total. The fourth-order valence-corrected chi connectivity index (χ4v) is 4.91. The van der Waals surface area contributed by atoms with Gasteiger partial charge in [-0.2, -0.15) is 0 Å². The summed E-state index contributed by atoms with van der Waals surface area (Å²) in [6.07, 6.45) is 3.34. The summed E-state index contributed by atoms with van der Waals surface area (Å²) in [6, 6.07) is 27.3. The Bertz CT molecular complexity index is 1050. The smallest absolute Gasteiger partial charge is 0.224 e. The highest BCUT2D eigenvalue weighted by Crippen LogP contribution is 2.43. The Morgan fingerprint density at radius 3 is 1.83 bits per heavy atom. The molecule has 5 heteroatoms. The Kier molecular flexibility index (Phi) is 6.33. The van der Waals surface area contributed by atoms with Gasteiger partial charge in [-0.25, -0.2) is 12.7 Å². The van der Waals surface area contributed by atoms with E-state index < -0.39 is 20.9 Å². The molecule has 29 heavy (non-hydrogen) atoms. The summed E-state index contributed by atoms with van der Waals surface area (Å²) in [5.74, 6) is 0. The molecule has 0 saturated carbocycles. The number of sulfonamides is 1. The minimum Gasteiger partial charge on any atom is -0.379 e. The zero-order valence-corrected chi connectivity index (χ0v) is 17.3. The van der Waals surface area contributed by atoms with Gasteiger partial charge in [-0.1, -0.05) is 97.1 Å². The van der Waals surface area contributed by atoms with Gasteiger partial charge < -0.3 is 5.11 Å². The number of benzene rings is 3. The van der Waals surface area contributed by atoms with E-state index in [1.54, 1.807) is 60.7 Å². The molecule has 3 rings (SSSR count). The van der Waals surface area contributed by atoms with Crippen molar-refractivity contribution in [2.24, 2.45) is 0 Å². The molecule has 2 atom stereocenters. The van der Waals surface area contributed by atoms with Crippen molar-refractivity contribution >= 4 is 16.1 Å². The van der Waals surface area contributed by atoms with E-state index in [0.717, 1.165) is 9.87 Å². The van der Waals surface area contributed by atoms with Crippen LogP contribution in [0.3, 0.4) is 0 Å². The SMILES string of the molecule is CN(C)S(=O)(=O)C(c1ccccc1)C(O)(/C=C/c1ccccc1)c1ccccc1. The maximum atomic E-state index is 13.4. The van der Waals surface area contributed by atoms with Crippen LogP contribution in [0.1, 0.15) is 21.9 Å². The van der Waals surface area contributed by atoms with Crippen LogP contribution in [0.15, 0.2) is 97.1 Å². The third-order valence-corrected chi connectivity index (χ3v) is 7.12. The number of hydrogen-bond acceptors (Lipinski definition) is 3. The molecule has 3 aromatic rings. The summed E-state index contributed by atoms with van der Waals surface area (Å²) in [4.78, 5) is 0. The molecule has 0 fully saturated rings. The number of hydrogen-bond donors (Lipinski definition) is 1. The number of nitrogens with zero attached hydrogens (tertiary/aromatic N) is 1. The zero-order valence-electron chi connectivity index (χ0n) is 16.5. The highest BCUT2D eigenvalue weighted by molar-refractivity contribution is 7.89. The van der Waals surface area contributed by atoms with Crippen molar-refractivity contribution in [2.45, 2.75) is 10.9 Å². The molecule has 0 heterocycles. The summed E-state index contributed by atoms with van der Waals surface area (Å²) in [5, 5.41) is 10.7. The second-order valence-corrected chi connectivity index (χ2v) is 9.29. The molecular formula is C24H25NO3S. The predicted octanol–water partition coefficient (Wildman–Crippen LogP) is 4.22. The first-order valence-electron chi connectivity index (χ1n) is 9.34.